The minimum Gasteiger partial charge on any atom is -0.461 e. The normalized spacial score (nSPS) is 11.2. The van der Waals surface area contributed by atoms with Crippen molar-refractivity contribution >= 4 is 28.6 Å². The highest BCUT2D eigenvalue weighted by molar-refractivity contribution is 14.1. The third-order valence-corrected chi connectivity index (χ3v) is 2.93. The van der Waals surface area contributed by atoms with E-state index >= 15 is 0 Å². The number of ether oxygens (including phenoxy) is 2. The van der Waals surface area contributed by atoms with Gasteiger partial charge in [0.1, 0.15) is 9.45 Å². The lowest BCUT2D eigenvalue weighted by molar-refractivity contribution is -0.274. The van der Waals surface area contributed by atoms with Crippen LogP contribution in [-0.4, -0.2) is 23.9 Å². The summed E-state index contributed by atoms with van der Waals surface area (Å²) >= 11 is 1.72. The summed E-state index contributed by atoms with van der Waals surface area (Å²) in [5, 5.41) is 0. The van der Waals surface area contributed by atoms with Gasteiger partial charge in [-0.2, -0.15) is 0 Å². The van der Waals surface area contributed by atoms with E-state index in [0.717, 1.165) is 6.07 Å². The standard InChI is InChI=1S/C10H9F3INO3/c1-3-17-9(16)6-4-7(18-10(11,12)13)5(2)8(14)15-6/h4H,3H2,1-2H3. The second kappa shape index (κ2) is 5.72. The molecule has 100 valence electrons. The molecule has 0 N–H and O–H groups in total. The predicted molar refractivity (Wildman–Crippen MR) is 64.3 cm³/mol. The van der Waals surface area contributed by atoms with Crippen molar-refractivity contribution in [2.75, 3.05) is 6.61 Å². The van der Waals surface area contributed by atoms with Crippen LogP contribution in [0.3, 0.4) is 0 Å². The van der Waals surface area contributed by atoms with Crippen molar-refractivity contribution in [1.82, 2.24) is 4.98 Å². The van der Waals surface area contributed by atoms with Crippen molar-refractivity contribution in [3.63, 3.8) is 0 Å². The molecule has 0 atom stereocenters. The Morgan fingerprint density at radius 1 is 1.50 bits per heavy atom. The van der Waals surface area contributed by atoms with Gasteiger partial charge in [-0.05, 0) is 36.4 Å². The summed E-state index contributed by atoms with van der Waals surface area (Å²) in [6, 6.07) is 0.920. The lowest BCUT2D eigenvalue weighted by atomic mass is 10.2. The summed E-state index contributed by atoms with van der Waals surface area (Å²) in [5.74, 6) is -1.24. The number of alkyl halides is 3. The number of aromatic nitrogens is 1. The summed E-state index contributed by atoms with van der Waals surface area (Å²) in [6.45, 7) is 3.12. The van der Waals surface area contributed by atoms with Crippen molar-refractivity contribution in [2.45, 2.75) is 20.2 Å². The minimum absolute atomic E-state index is 0.112. The molecule has 0 aliphatic rings. The van der Waals surface area contributed by atoms with E-state index in [1.54, 1.807) is 29.5 Å². The van der Waals surface area contributed by atoms with Crippen molar-refractivity contribution in [3.05, 3.63) is 21.0 Å². The van der Waals surface area contributed by atoms with Gasteiger partial charge in [0.2, 0.25) is 0 Å². The molecule has 0 spiro atoms. The number of hydrogen-bond acceptors (Lipinski definition) is 4. The van der Waals surface area contributed by atoms with Crippen LogP contribution in [0, 0.1) is 10.6 Å². The first-order valence-electron chi connectivity index (χ1n) is 4.84. The molecule has 0 bridgehead atoms. The van der Waals surface area contributed by atoms with E-state index in [4.69, 9.17) is 0 Å². The van der Waals surface area contributed by atoms with Crippen molar-refractivity contribution in [2.24, 2.45) is 0 Å². The first kappa shape index (κ1) is 15.0. The van der Waals surface area contributed by atoms with E-state index < -0.39 is 18.1 Å². The molecule has 1 aromatic heterocycles. The zero-order chi connectivity index (χ0) is 13.9. The van der Waals surface area contributed by atoms with Crippen LogP contribution in [0.15, 0.2) is 6.07 Å². The molecule has 0 amide bonds. The van der Waals surface area contributed by atoms with Crippen LogP contribution in [0.5, 0.6) is 5.75 Å². The van der Waals surface area contributed by atoms with E-state index in [-0.39, 0.29) is 21.6 Å². The third-order valence-electron chi connectivity index (χ3n) is 1.88. The van der Waals surface area contributed by atoms with E-state index in [1.165, 1.54) is 6.92 Å². The van der Waals surface area contributed by atoms with Gasteiger partial charge in [0.25, 0.3) is 0 Å². The Kier molecular flexibility index (Phi) is 4.77. The monoisotopic (exact) mass is 375 g/mol. The summed E-state index contributed by atoms with van der Waals surface area (Å²) in [7, 11) is 0. The van der Waals surface area contributed by atoms with E-state index in [1.807, 2.05) is 0 Å². The quantitative estimate of drug-likeness (QED) is 0.463. The van der Waals surface area contributed by atoms with Crippen LogP contribution >= 0.6 is 22.6 Å². The highest BCUT2D eigenvalue weighted by Crippen LogP contribution is 2.29. The number of hydrogen-bond donors (Lipinski definition) is 0. The molecule has 1 aromatic rings. The molecule has 0 saturated carbocycles. The Balaban J connectivity index is 3.14. The summed E-state index contributed by atoms with van der Waals surface area (Å²) < 4.78 is 45.3. The maximum atomic E-state index is 12.2. The van der Waals surface area contributed by atoms with Crippen LogP contribution in [0.4, 0.5) is 13.2 Å². The number of pyridine rings is 1. The van der Waals surface area contributed by atoms with Gasteiger partial charge < -0.3 is 9.47 Å². The van der Waals surface area contributed by atoms with Gasteiger partial charge in [-0.1, -0.05) is 0 Å². The van der Waals surface area contributed by atoms with Crippen LogP contribution in [-0.2, 0) is 4.74 Å². The zero-order valence-electron chi connectivity index (χ0n) is 9.47. The molecule has 4 nitrogen and oxygen atoms in total. The van der Waals surface area contributed by atoms with Crippen LogP contribution in [0.2, 0.25) is 0 Å². The first-order chi connectivity index (χ1) is 8.24. The Hall–Kier alpha value is -1.06. The fraction of sp³-hybridized carbons (Fsp3) is 0.400. The summed E-state index contributed by atoms with van der Waals surface area (Å²) in [5.41, 5.74) is -0.00734. The molecule has 0 saturated heterocycles. The SMILES string of the molecule is CCOC(=O)c1cc(OC(F)(F)F)c(C)c(I)n1. The molecule has 18 heavy (non-hydrogen) atoms. The molecule has 0 aliphatic carbocycles. The van der Waals surface area contributed by atoms with Gasteiger partial charge in [0.05, 0.1) is 6.61 Å². The molecule has 8 heteroatoms. The molecule has 0 aromatic carbocycles. The summed E-state index contributed by atoms with van der Waals surface area (Å²) in [6.07, 6.45) is -4.82. The number of nitrogens with zero attached hydrogens (tertiary/aromatic N) is 1. The predicted octanol–water partition coefficient (Wildman–Crippen LogP) is 3.07. The van der Waals surface area contributed by atoms with Gasteiger partial charge >= 0.3 is 12.3 Å². The summed E-state index contributed by atoms with van der Waals surface area (Å²) in [4.78, 5) is 15.2. The molecule has 1 heterocycles. The zero-order valence-corrected chi connectivity index (χ0v) is 11.6. The number of halogens is 4. The van der Waals surface area contributed by atoms with Gasteiger partial charge in [-0.15, -0.1) is 13.2 Å². The van der Waals surface area contributed by atoms with Crippen molar-refractivity contribution in [1.29, 1.82) is 0 Å². The highest BCUT2D eigenvalue weighted by atomic mass is 127. The Bertz CT molecular complexity index is 462. The molecule has 0 unspecified atom stereocenters. The van der Waals surface area contributed by atoms with Crippen LogP contribution < -0.4 is 4.74 Å². The molecule has 0 aliphatic heterocycles. The van der Waals surface area contributed by atoms with Gasteiger partial charge in [0, 0.05) is 11.6 Å². The van der Waals surface area contributed by atoms with E-state index in [2.05, 4.69) is 14.5 Å². The maximum Gasteiger partial charge on any atom is 0.573 e. The Labute approximate surface area is 115 Å². The Morgan fingerprint density at radius 3 is 2.61 bits per heavy atom. The largest absolute Gasteiger partial charge is 0.573 e. The maximum absolute atomic E-state index is 12.2. The van der Waals surface area contributed by atoms with Gasteiger partial charge in [-0.25, -0.2) is 9.78 Å². The Morgan fingerprint density at radius 2 is 2.11 bits per heavy atom. The van der Waals surface area contributed by atoms with Gasteiger partial charge in [0.15, 0.2) is 5.69 Å². The number of esters is 1. The molecular weight excluding hydrogens is 366 g/mol. The molecule has 0 fully saturated rings. The smallest absolute Gasteiger partial charge is 0.461 e. The van der Waals surface area contributed by atoms with Crippen LogP contribution in [0.1, 0.15) is 23.0 Å². The first-order valence-corrected chi connectivity index (χ1v) is 5.92. The third kappa shape index (κ3) is 4.00. The second-order valence-corrected chi connectivity index (χ2v) is 4.21. The topological polar surface area (TPSA) is 48.4 Å². The average molecular weight is 375 g/mol. The lowest BCUT2D eigenvalue weighted by Crippen LogP contribution is -2.19. The molecule has 1 rings (SSSR count). The minimum atomic E-state index is -4.82. The molecule has 0 radical (unpaired) electrons. The van der Waals surface area contributed by atoms with Crippen molar-refractivity contribution in [3.8, 4) is 5.75 Å². The van der Waals surface area contributed by atoms with Gasteiger partial charge in [-0.3, -0.25) is 0 Å². The van der Waals surface area contributed by atoms with Crippen LogP contribution in [0.25, 0.3) is 0 Å². The molecular formula is C10H9F3INO3. The number of carbonyl (C=O) groups excluding carboxylic acids is 1. The fourth-order valence-corrected chi connectivity index (χ4v) is 1.62. The van der Waals surface area contributed by atoms with E-state index in [9.17, 15) is 18.0 Å². The number of carbonyl (C=O) groups is 1. The van der Waals surface area contributed by atoms with Crippen molar-refractivity contribution < 1.29 is 27.4 Å². The second-order valence-electron chi connectivity index (χ2n) is 3.19. The number of rotatable bonds is 3. The average Bonchev–Trinajstić information content (AvgIpc) is 2.22. The van der Waals surface area contributed by atoms with E-state index in [0.29, 0.717) is 0 Å². The lowest BCUT2D eigenvalue weighted by Gasteiger charge is -2.13. The fourth-order valence-electron chi connectivity index (χ4n) is 1.10. The highest BCUT2D eigenvalue weighted by Gasteiger charge is 2.32.